The van der Waals surface area contributed by atoms with Crippen LogP contribution in [0.25, 0.3) is 0 Å². The molecule has 116 valence electrons. The fourth-order valence-corrected chi connectivity index (χ4v) is 3.48. The molecule has 1 aromatic heterocycles. The van der Waals surface area contributed by atoms with Crippen molar-refractivity contribution in [2.75, 3.05) is 13.6 Å². The summed E-state index contributed by atoms with van der Waals surface area (Å²) in [6.45, 7) is 7.63. The highest BCUT2D eigenvalue weighted by atomic mass is 32.2. The van der Waals surface area contributed by atoms with Crippen molar-refractivity contribution in [3.63, 3.8) is 0 Å². The lowest BCUT2D eigenvalue weighted by molar-refractivity contribution is 0.380. The van der Waals surface area contributed by atoms with E-state index < -0.39 is 10.0 Å². The second kappa shape index (κ2) is 7.24. The highest BCUT2D eigenvalue weighted by molar-refractivity contribution is 7.89. The molecule has 0 radical (unpaired) electrons. The van der Waals surface area contributed by atoms with Gasteiger partial charge in [-0.05, 0) is 32.4 Å². The molecule has 1 heterocycles. The van der Waals surface area contributed by atoms with Crippen LogP contribution in [-0.4, -0.2) is 36.9 Å². The largest absolute Gasteiger partial charge is 0.352 e. The summed E-state index contributed by atoms with van der Waals surface area (Å²) in [5, 5.41) is 3.29. The molecule has 6 heteroatoms. The lowest BCUT2D eigenvalue weighted by Gasteiger charge is -2.22. The Labute approximate surface area is 123 Å². The Hall–Kier alpha value is -0.850. The van der Waals surface area contributed by atoms with Crippen LogP contribution < -0.4 is 5.32 Å². The van der Waals surface area contributed by atoms with Gasteiger partial charge >= 0.3 is 0 Å². The van der Waals surface area contributed by atoms with E-state index in [0.29, 0.717) is 11.4 Å². The molecule has 1 unspecified atom stereocenters. The zero-order valence-electron chi connectivity index (χ0n) is 13.2. The Morgan fingerprint density at radius 3 is 2.60 bits per heavy atom. The molecule has 0 amide bonds. The first-order chi connectivity index (χ1) is 9.34. The van der Waals surface area contributed by atoms with Crippen molar-refractivity contribution in [1.82, 2.24) is 14.2 Å². The summed E-state index contributed by atoms with van der Waals surface area (Å²) in [7, 11) is 0.127. The van der Waals surface area contributed by atoms with Crippen LogP contribution in [0.5, 0.6) is 0 Å². The molecule has 0 saturated carbocycles. The van der Waals surface area contributed by atoms with E-state index in [0.717, 1.165) is 25.1 Å². The monoisotopic (exact) mass is 301 g/mol. The van der Waals surface area contributed by atoms with Crippen molar-refractivity contribution >= 4 is 10.0 Å². The molecule has 0 aliphatic rings. The summed E-state index contributed by atoms with van der Waals surface area (Å²) < 4.78 is 28.4. The van der Waals surface area contributed by atoms with Gasteiger partial charge in [0.15, 0.2) is 0 Å². The number of aromatic nitrogens is 1. The van der Waals surface area contributed by atoms with Gasteiger partial charge in [0.25, 0.3) is 0 Å². The van der Waals surface area contributed by atoms with Crippen LogP contribution in [0.2, 0.25) is 0 Å². The van der Waals surface area contributed by atoms with Crippen molar-refractivity contribution in [3.8, 4) is 0 Å². The number of sulfonamides is 1. The molecule has 0 aliphatic carbocycles. The molecule has 0 bridgehead atoms. The molecule has 0 spiro atoms. The third-order valence-electron chi connectivity index (χ3n) is 3.70. The van der Waals surface area contributed by atoms with Gasteiger partial charge in [-0.15, -0.1) is 0 Å². The van der Waals surface area contributed by atoms with E-state index >= 15 is 0 Å². The van der Waals surface area contributed by atoms with Gasteiger partial charge in [0, 0.05) is 38.6 Å². The first-order valence-electron chi connectivity index (χ1n) is 7.18. The molecule has 5 nitrogen and oxygen atoms in total. The van der Waals surface area contributed by atoms with Gasteiger partial charge in [-0.3, -0.25) is 0 Å². The van der Waals surface area contributed by atoms with E-state index in [1.54, 1.807) is 19.3 Å². The third kappa shape index (κ3) is 3.84. The predicted octanol–water partition coefficient (Wildman–Crippen LogP) is 1.94. The molecule has 0 fully saturated rings. The Bertz CT molecular complexity index is 523. The van der Waals surface area contributed by atoms with Crippen LogP contribution >= 0.6 is 0 Å². The van der Waals surface area contributed by atoms with E-state index in [9.17, 15) is 8.42 Å². The van der Waals surface area contributed by atoms with Crippen molar-refractivity contribution < 1.29 is 8.42 Å². The summed E-state index contributed by atoms with van der Waals surface area (Å²) in [5.41, 5.74) is 0.981. The second-order valence-electron chi connectivity index (χ2n) is 5.23. The predicted molar refractivity (Wildman–Crippen MR) is 82.1 cm³/mol. The number of aryl methyl sites for hydroxylation is 1. The zero-order valence-corrected chi connectivity index (χ0v) is 14.0. The molecule has 0 aliphatic heterocycles. The van der Waals surface area contributed by atoms with Crippen LogP contribution in [0.4, 0.5) is 0 Å². The standard InChI is InChI=1S/C14H27N3O2S/c1-6-8-15-10-13-9-14(11-16(13)4)20(18,19)17(5)12(3)7-2/h9,11-12,15H,6-8,10H2,1-5H3. The van der Waals surface area contributed by atoms with Gasteiger partial charge in [-0.2, -0.15) is 4.31 Å². The maximum absolute atomic E-state index is 12.5. The first kappa shape index (κ1) is 17.2. The Morgan fingerprint density at radius 1 is 1.40 bits per heavy atom. The topological polar surface area (TPSA) is 54.3 Å². The SMILES string of the molecule is CCCNCc1cc(S(=O)(=O)N(C)C(C)CC)cn1C. The lowest BCUT2D eigenvalue weighted by Crippen LogP contribution is -2.34. The van der Waals surface area contributed by atoms with Crippen LogP contribution in [-0.2, 0) is 23.6 Å². The maximum Gasteiger partial charge on any atom is 0.244 e. The van der Waals surface area contributed by atoms with Gasteiger partial charge in [-0.25, -0.2) is 8.42 Å². The minimum absolute atomic E-state index is 0.00173. The van der Waals surface area contributed by atoms with E-state index in [4.69, 9.17) is 0 Å². The summed E-state index contributed by atoms with van der Waals surface area (Å²) >= 11 is 0. The Balaban J connectivity index is 2.94. The normalized spacial score (nSPS) is 13.9. The highest BCUT2D eigenvalue weighted by Crippen LogP contribution is 2.20. The number of hydrogen-bond acceptors (Lipinski definition) is 3. The molecule has 1 aromatic rings. The molecule has 1 N–H and O–H groups in total. The third-order valence-corrected chi connectivity index (χ3v) is 5.64. The Kier molecular flexibility index (Phi) is 6.23. The molecular weight excluding hydrogens is 274 g/mol. The van der Waals surface area contributed by atoms with Crippen LogP contribution in [0.1, 0.15) is 39.3 Å². The smallest absolute Gasteiger partial charge is 0.244 e. The van der Waals surface area contributed by atoms with E-state index in [-0.39, 0.29) is 6.04 Å². The van der Waals surface area contributed by atoms with E-state index in [2.05, 4.69) is 12.2 Å². The summed E-state index contributed by atoms with van der Waals surface area (Å²) in [5.74, 6) is 0. The molecule has 1 atom stereocenters. The molecular formula is C14H27N3O2S. The fraction of sp³-hybridized carbons (Fsp3) is 0.714. The van der Waals surface area contributed by atoms with Gasteiger partial charge in [0.05, 0.1) is 0 Å². The number of nitrogens with one attached hydrogen (secondary N) is 1. The highest BCUT2D eigenvalue weighted by Gasteiger charge is 2.26. The summed E-state index contributed by atoms with van der Waals surface area (Å²) in [4.78, 5) is 0.371. The van der Waals surface area contributed by atoms with Gasteiger partial charge in [0.1, 0.15) is 4.90 Å². The maximum atomic E-state index is 12.5. The van der Waals surface area contributed by atoms with E-state index in [1.165, 1.54) is 4.31 Å². The van der Waals surface area contributed by atoms with Crippen molar-refractivity contribution in [1.29, 1.82) is 0 Å². The van der Waals surface area contributed by atoms with Crippen LogP contribution in [0.3, 0.4) is 0 Å². The minimum atomic E-state index is -3.40. The van der Waals surface area contributed by atoms with Crippen molar-refractivity contribution in [2.24, 2.45) is 7.05 Å². The van der Waals surface area contributed by atoms with Crippen LogP contribution in [0, 0.1) is 0 Å². The van der Waals surface area contributed by atoms with Gasteiger partial charge in [0.2, 0.25) is 10.0 Å². The Morgan fingerprint density at radius 2 is 2.05 bits per heavy atom. The molecule has 0 aromatic carbocycles. The van der Waals surface area contributed by atoms with Crippen molar-refractivity contribution in [2.45, 2.75) is 51.1 Å². The first-order valence-corrected chi connectivity index (χ1v) is 8.62. The summed E-state index contributed by atoms with van der Waals surface area (Å²) in [6, 6.07) is 1.76. The number of hydrogen-bond donors (Lipinski definition) is 1. The average molecular weight is 301 g/mol. The van der Waals surface area contributed by atoms with Gasteiger partial charge < -0.3 is 9.88 Å². The molecule has 0 saturated heterocycles. The summed E-state index contributed by atoms with van der Waals surface area (Å²) in [6.07, 6.45) is 3.55. The van der Waals surface area contributed by atoms with Crippen molar-refractivity contribution in [3.05, 3.63) is 18.0 Å². The minimum Gasteiger partial charge on any atom is -0.352 e. The van der Waals surface area contributed by atoms with Crippen LogP contribution in [0.15, 0.2) is 17.2 Å². The number of rotatable bonds is 8. The fourth-order valence-electron chi connectivity index (χ4n) is 1.95. The lowest BCUT2D eigenvalue weighted by atomic mass is 10.3. The number of nitrogens with zero attached hydrogens (tertiary/aromatic N) is 2. The van der Waals surface area contributed by atoms with E-state index in [1.807, 2.05) is 25.5 Å². The second-order valence-corrected chi connectivity index (χ2v) is 7.23. The molecule has 20 heavy (non-hydrogen) atoms. The molecule has 1 rings (SSSR count). The zero-order chi connectivity index (χ0) is 15.3. The average Bonchev–Trinajstić information content (AvgIpc) is 2.79. The van der Waals surface area contributed by atoms with Gasteiger partial charge in [-0.1, -0.05) is 13.8 Å². The quantitative estimate of drug-likeness (QED) is 0.747.